The Morgan fingerprint density at radius 3 is 2.65 bits per heavy atom. The van der Waals surface area contributed by atoms with Gasteiger partial charge in [-0.1, -0.05) is 33.8 Å². The standard InChI is InChI=1S/C15H23N5/c1-10-6-7-12(16)8-13(10)14-17-18-19-20(14)9-11(2)15(3,4)5/h6-8,11H,9,16H2,1-5H3. The van der Waals surface area contributed by atoms with Crippen LogP contribution in [0.4, 0.5) is 5.69 Å². The van der Waals surface area contributed by atoms with Crippen LogP contribution in [-0.4, -0.2) is 20.2 Å². The van der Waals surface area contributed by atoms with Gasteiger partial charge in [-0.15, -0.1) is 5.10 Å². The molecule has 0 fully saturated rings. The topological polar surface area (TPSA) is 69.6 Å². The van der Waals surface area contributed by atoms with Gasteiger partial charge in [-0.05, 0) is 46.4 Å². The quantitative estimate of drug-likeness (QED) is 0.873. The van der Waals surface area contributed by atoms with Crippen molar-refractivity contribution in [3.63, 3.8) is 0 Å². The summed E-state index contributed by atoms with van der Waals surface area (Å²) < 4.78 is 1.87. The van der Waals surface area contributed by atoms with E-state index in [9.17, 15) is 0 Å². The van der Waals surface area contributed by atoms with E-state index in [0.717, 1.165) is 29.2 Å². The Morgan fingerprint density at radius 1 is 1.30 bits per heavy atom. The maximum absolute atomic E-state index is 5.88. The molecule has 1 atom stereocenters. The lowest BCUT2D eigenvalue weighted by molar-refractivity contribution is 0.225. The zero-order valence-electron chi connectivity index (χ0n) is 12.9. The third kappa shape index (κ3) is 2.98. The Morgan fingerprint density at radius 2 is 2.00 bits per heavy atom. The van der Waals surface area contributed by atoms with Crippen LogP contribution >= 0.6 is 0 Å². The summed E-state index contributed by atoms with van der Waals surface area (Å²) in [6, 6.07) is 5.82. The number of benzene rings is 1. The van der Waals surface area contributed by atoms with Crippen molar-refractivity contribution >= 4 is 5.69 Å². The zero-order chi connectivity index (χ0) is 14.9. The molecule has 0 spiro atoms. The molecule has 0 bridgehead atoms. The van der Waals surface area contributed by atoms with E-state index in [4.69, 9.17) is 5.73 Å². The molecular weight excluding hydrogens is 250 g/mol. The highest BCUT2D eigenvalue weighted by Gasteiger charge is 2.22. The van der Waals surface area contributed by atoms with Gasteiger partial charge in [0, 0.05) is 17.8 Å². The smallest absolute Gasteiger partial charge is 0.182 e. The second kappa shape index (κ2) is 5.23. The van der Waals surface area contributed by atoms with E-state index in [1.54, 1.807) is 0 Å². The summed E-state index contributed by atoms with van der Waals surface area (Å²) in [5.41, 5.74) is 8.94. The van der Waals surface area contributed by atoms with E-state index in [0.29, 0.717) is 5.92 Å². The number of nitrogens with zero attached hydrogens (tertiary/aromatic N) is 4. The van der Waals surface area contributed by atoms with Gasteiger partial charge in [0.2, 0.25) is 0 Å². The third-order valence-corrected chi connectivity index (χ3v) is 3.96. The monoisotopic (exact) mass is 273 g/mol. The summed E-state index contributed by atoms with van der Waals surface area (Å²) >= 11 is 0. The first kappa shape index (κ1) is 14.5. The molecule has 5 heteroatoms. The normalized spacial score (nSPS) is 13.4. The maximum atomic E-state index is 5.88. The summed E-state index contributed by atoms with van der Waals surface area (Å²) in [6.07, 6.45) is 0. The van der Waals surface area contributed by atoms with Crippen LogP contribution in [0.2, 0.25) is 0 Å². The maximum Gasteiger partial charge on any atom is 0.182 e. The van der Waals surface area contributed by atoms with Gasteiger partial charge in [0.05, 0.1) is 0 Å². The van der Waals surface area contributed by atoms with Crippen molar-refractivity contribution in [2.24, 2.45) is 11.3 Å². The molecule has 1 unspecified atom stereocenters. The molecule has 5 nitrogen and oxygen atoms in total. The highest BCUT2D eigenvalue weighted by atomic mass is 15.5. The minimum absolute atomic E-state index is 0.216. The van der Waals surface area contributed by atoms with E-state index in [-0.39, 0.29) is 5.41 Å². The van der Waals surface area contributed by atoms with Crippen LogP contribution in [0.15, 0.2) is 18.2 Å². The SMILES string of the molecule is Cc1ccc(N)cc1-c1nnnn1CC(C)C(C)(C)C. The van der Waals surface area contributed by atoms with E-state index in [1.807, 2.05) is 29.8 Å². The minimum atomic E-state index is 0.216. The lowest BCUT2D eigenvalue weighted by Crippen LogP contribution is -2.23. The number of tetrazole rings is 1. The number of nitrogen functional groups attached to an aromatic ring is 1. The first-order valence-electron chi connectivity index (χ1n) is 6.91. The van der Waals surface area contributed by atoms with Crippen molar-refractivity contribution < 1.29 is 0 Å². The number of rotatable bonds is 3. The molecule has 0 aliphatic rings. The molecule has 1 aromatic carbocycles. The minimum Gasteiger partial charge on any atom is -0.399 e. The van der Waals surface area contributed by atoms with Crippen LogP contribution in [0, 0.1) is 18.3 Å². The number of aryl methyl sites for hydroxylation is 1. The lowest BCUT2D eigenvalue weighted by atomic mass is 9.82. The molecular formula is C15H23N5. The van der Waals surface area contributed by atoms with Crippen molar-refractivity contribution in [1.29, 1.82) is 0 Å². The van der Waals surface area contributed by atoms with Gasteiger partial charge in [0.15, 0.2) is 5.82 Å². The first-order valence-corrected chi connectivity index (χ1v) is 6.91. The third-order valence-electron chi connectivity index (χ3n) is 3.96. The molecule has 0 aliphatic heterocycles. The van der Waals surface area contributed by atoms with Crippen molar-refractivity contribution in [2.75, 3.05) is 5.73 Å². The molecule has 0 aliphatic carbocycles. The molecule has 0 amide bonds. The predicted molar refractivity (Wildman–Crippen MR) is 81.0 cm³/mol. The average molecular weight is 273 g/mol. The van der Waals surface area contributed by atoms with Crippen LogP contribution in [0.1, 0.15) is 33.3 Å². The second-order valence-corrected chi connectivity index (χ2v) is 6.53. The number of hydrogen-bond acceptors (Lipinski definition) is 4. The summed E-state index contributed by atoms with van der Waals surface area (Å²) in [5.74, 6) is 1.25. The fraction of sp³-hybridized carbons (Fsp3) is 0.533. The van der Waals surface area contributed by atoms with E-state index < -0.39 is 0 Å². The van der Waals surface area contributed by atoms with E-state index >= 15 is 0 Å². The van der Waals surface area contributed by atoms with Crippen molar-refractivity contribution in [3.8, 4) is 11.4 Å². The van der Waals surface area contributed by atoms with E-state index in [1.165, 1.54) is 0 Å². The van der Waals surface area contributed by atoms with Gasteiger partial charge in [0.25, 0.3) is 0 Å². The Balaban J connectivity index is 2.36. The Kier molecular flexibility index (Phi) is 3.79. The molecule has 1 aromatic heterocycles. The van der Waals surface area contributed by atoms with Crippen molar-refractivity contribution in [3.05, 3.63) is 23.8 Å². The second-order valence-electron chi connectivity index (χ2n) is 6.53. The number of nitrogens with two attached hydrogens (primary N) is 1. The molecule has 1 heterocycles. The number of hydrogen-bond donors (Lipinski definition) is 1. The molecule has 0 saturated carbocycles. The molecule has 2 aromatic rings. The van der Waals surface area contributed by atoms with Crippen molar-refractivity contribution in [2.45, 2.75) is 41.2 Å². The van der Waals surface area contributed by atoms with Gasteiger partial charge in [-0.3, -0.25) is 0 Å². The summed E-state index contributed by atoms with van der Waals surface area (Å²) in [5, 5.41) is 12.1. The van der Waals surface area contributed by atoms with Crippen molar-refractivity contribution in [1.82, 2.24) is 20.2 Å². The molecule has 2 rings (SSSR count). The number of aromatic nitrogens is 4. The highest BCUT2D eigenvalue weighted by Crippen LogP contribution is 2.29. The number of anilines is 1. The predicted octanol–water partition coefficient (Wildman–Crippen LogP) is 2.91. The molecule has 20 heavy (non-hydrogen) atoms. The zero-order valence-corrected chi connectivity index (χ0v) is 12.9. The fourth-order valence-electron chi connectivity index (χ4n) is 1.93. The van der Waals surface area contributed by atoms with Gasteiger partial charge in [-0.25, -0.2) is 4.68 Å². The largest absolute Gasteiger partial charge is 0.399 e. The first-order chi connectivity index (χ1) is 9.29. The average Bonchev–Trinajstić information content (AvgIpc) is 2.79. The molecule has 0 saturated heterocycles. The van der Waals surface area contributed by atoms with Gasteiger partial charge in [-0.2, -0.15) is 0 Å². The van der Waals surface area contributed by atoms with Gasteiger partial charge >= 0.3 is 0 Å². The van der Waals surface area contributed by atoms with Crippen LogP contribution in [0.3, 0.4) is 0 Å². The van der Waals surface area contributed by atoms with Crippen LogP contribution in [0.25, 0.3) is 11.4 Å². The van der Waals surface area contributed by atoms with E-state index in [2.05, 4.69) is 43.2 Å². The van der Waals surface area contributed by atoms with Crippen LogP contribution in [-0.2, 0) is 6.54 Å². The van der Waals surface area contributed by atoms with Crippen LogP contribution < -0.4 is 5.73 Å². The molecule has 0 radical (unpaired) electrons. The Labute approximate surface area is 120 Å². The fourth-order valence-corrected chi connectivity index (χ4v) is 1.93. The lowest BCUT2D eigenvalue weighted by Gasteiger charge is -2.27. The Hall–Kier alpha value is -1.91. The Bertz CT molecular complexity index is 595. The highest BCUT2D eigenvalue weighted by molar-refractivity contribution is 5.65. The summed E-state index contributed by atoms with van der Waals surface area (Å²) in [7, 11) is 0. The van der Waals surface area contributed by atoms with Crippen LogP contribution in [0.5, 0.6) is 0 Å². The molecule has 108 valence electrons. The molecule has 2 N–H and O–H groups in total. The summed E-state index contributed by atoms with van der Waals surface area (Å²) in [4.78, 5) is 0. The summed E-state index contributed by atoms with van der Waals surface area (Å²) in [6.45, 7) is 11.7. The van der Waals surface area contributed by atoms with Gasteiger partial charge < -0.3 is 5.73 Å². The van der Waals surface area contributed by atoms with Gasteiger partial charge in [0.1, 0.15) is 0 Å².